The number of nitrogens with one attached hydrogen (secondary N) is 1. The van der Waals surface area contributed by atoms with Gasteiger partial charge in [0.2, 0.25) is 0 Å². The second kappa shape index (κ2) is 9.89. The number of amidine groups is 1. The number of carbonyl (C=O) groups excluding carboxylic acids is 1. The maximum atomic E-state index is 13.4. The van der Waals surface area contributed by atoms with Crippen LogP contribution in [-0.4, -0.2) is 28.4 Å². The number of benzene rings is 3. The molecule has 3 aromatic carbocycles. The van der Waals surface area contributed by atoms with Gasteiger partial charge in [0.05, 0.1) is 12.0 Å². The lowest BCUT2D eigenvalue weighted by atomic mass is 9.99. The van der Waals surface area contributed by atoms with E-state index in [2.05, 4.69) is 30.4 Å². The second-order valence-electron chi connectivity index (χ2n) is 8.26. The van der Waals surface area contributed by atoms with E-state index < -0.39 is 6.17 Å². The first-order valence-corrected chi connectivity index (χ1v) is 12.8. The largest absolute Gasteiger partial charge is 0.493 e. The predicted molar refractivity (Wildman–Crippen MR) is 138 cm³/mol. The Hall–Kier alpha value is -3.32. The molecule has 0 bridgehead atoms. The van der Waals surface area contributed by atoms with Gasteiger partial charge in [-0.1, -0.05) is 80.1 Å². The molecule has 2 aliphatic heterocycles. The quantitative estimate of drug-likeness (QED) is 0.521. The number of hydrogen-bond acceptors (Lipinski definition) is 6. The molecule has 0 aliphatic carbocycles. The molecule has 0 saturated heterocycles. The van der Waals surface area contributed by atoms with E-state index >= 15 is 0 Å². The van der Waals surface area contributed by atoms with E-state index in [4.69, 9.17) is 14.8 Å². The molecule has 6 nitrogen and oxygen atoms in total. The highest BCUT2D eigenvalue weighted by atomic mass is 32.2. The summed E-state index contributed by atoms with van der Waals surface area (Å²) in [5, 5.41) is 14.0. The third-order valence-electron chi connectivity index (χ3n) is 5.99. The number of para-hydroxylation sites is 1. The Labute approximate surface area is 203 Å². The summed E-state index contributed by atoms with van der Waals surface area (Å²) >= 11 is 1.58. The lowest BCUT2D eigenvalue weighted by Gasteiger charge is -2.35. The van der Waals surface area contributed by atoms with Crippen LogP contribution in [0.5, 0.6) is 5.75 Å². The lowest BCUT2D eigenvalue weighted by Crippen LogP contribution is -2.50. The zero-order valence-electron chi connectivity index (χ0n) is 19.5. The van der Waals surface area contributed by atoms with Crippen LogP contribution >= 0.6 is 11.8 Å². The smallest absolute Gasteiger partial charge is 0.276 e. The fourth-order valence-corrected chi connectivity index (χ4v) is 5.28. The Kier molecular flexibility index (Phi) is 6.54. The average molecular weight is 473 g/mol. The van der Waals surface area contributed by atoms with Crippen molar-refractivity contribution in [2.24, 2.45) is 10.1 Å². The molecule has 0 fully saturated rings. The van der Waals surface area contributed by atoms with Gasteiger partial charge >= 0.3 is 0 Å². The minimum Gasteiger partial charge on any atom is -0.493 e. The first-order chi connectivity index (χ1) is 16.7. The number of hydrazone groups is 1. The zero-order chi connectivity index (χ0) is 23.5. The number of nitrogens with zero attached hydrogens (tertiary/aromatic N) is 3. The van der Waals surface area contributed by atoms with E-state index in [9.17, 15) is 4.79 Å². The number of unbranched alkanes of at least 4 members (excludes halogenated alkanes) is 2. The van der Waals surface area contributed by atoms with Crippen LogP contribution < -0.4 is 20.6 Å². The summed E-state index contributed by atoms with van der Waals surface area (Å²) in [6.07, 6.45) is 2.88. The van der Waals surface area contributed by atoms with Crippen LogP contribution in [-0.2, 0) is 4.79 Å². The highest BCUT2D eigenvalue weighted by Crippen LogP contribution is 2.40. The number of rotatable bonds is 7. The number of hydrogen-bond donors (Lipinski definition) is 1. The number of amides is 1. The standard InChI is InChI=1S/C27H28N4O2S/c1-3-5-10-17-34-27-29-26(32)24-20-13-8-9-14-21(20)28-25(31(24)30-27)23-19-12-7-6-11-18(19)15-16-22(23)33-4-2/h6-9,11-16,25H,3-5,10,17H2,1-2H3,(H,29,30,32). The lowest BCUT2D eigenvalue weighted by molar-refractivity contribution is -0.116. The van der Waals surface area contributed by atoms with Crippen LogP contribution in [0.3, 0.4) is 0 Å². The molecule has 3 aromatic rings. The number of ether oxygens (including phenoxy) is 1. The highest BCUT2D eigenvalue weighted by Gasteiger charge is 2.36. The van der Waals surface area contributed by atoms with Gasteiger partial charge in [-0.3, -0.25) is 15.1 Å². The Morgan fingerprint density at radius 2 is 1.85 bits per heavy atom. The van der Waals surface area contributed by atoms with Crippen LogP contribution in [0.15, 0.2) is 70.8 Å². The molecule has 5 rings (SSSR count). The molecular weight excluding hydrogens is 444 g/mol. The Bertz CT molecular complexity index is 1380. The van der Waals surface area contributed by atoms with Crippen molar-refractivity contribution in [3.63, 3.8) is 0 Å². The van der Waals surface area contributed by atoms with Crippen molar-refractivity contribution in [2.75, 3.05) is 12.4 Å². The summed E-state index contributed by atoms with van der Waals surface area (Å²) in [5.41, 5.74) is 1.43. The summed E-state index contributed by atoms with van der Waals surface area (Å²) in [4.78, 5) is 18.5. The molecule has 0 aromatic heterocycles. The molecule has 174 valence electrons. The minimum absolute atomic E-state index is 0.154. The molecule has 0 radical (unpaired) electrons. The van der Waals surface area contributed by atoms with Gasteiger partial charge in [0.15, 0.2) is 11.3 Å². The van der Waals surface area contributed by atoms with E-state index in [0.29, 0.717) is 17.5 Å². The second-order valence-corrected chi connectivity index (χ2v) is 9.34. The summed E-state index contributed by atoms with van der Waals surface area (Å²) in [7, 11) is 0. The van der Waals surface area contributed by atoms with Gasteiger partial charge in [-0.05, 0) is 36.2 Å². The molecule has 1 atom stereocenters. The Morgan fingerprint density at radius 1 is 1.03 bits per heavy atom. The third kappa shape index (κ3) is 4.16. The SMILES string of the molecule is CCCCCSC1=NN2C(=c3ccccc3=NC2c2c(OCC)ccc3ccccc23)C(=O)N1. The molecule has 0 spiro atoms. The number of carbonyl (C=O) groups is 1. The van der Waals surface area contributed by atoms with Crippen molar-refractivity contribution in [2.45, 2.75) is 39.3 Å². The van der Waals surface area contributed by atoms with Crippen LogP contribution in [0.4, 0.5) is 0 Å². The minimum atomic E-state index is -0.519. The molecule has 7 heteroatoms. The molecule has 1 amide bonds. The van der Waals surface area contributed by atoms with Crippen LogP contribution in [0.25, 0.3) is 16.5 Å². The monoisotopic (exact) mass is 472 g/mol. The first kappa shape index (κ1) is 22.5. The van der Waals surface area contributed by atoms with Gasteiger partial charge in [-0.15, -0.1) is 5.10 Å². The third-order valence-corrected chi connectivity index (χ3v) is 6.94. The Morgan fingerprint density at radius 3 is 2.71 bits per heavy atom. The van der Waals surface area contributed by atoms with Gasteiger partial charge in [0.1, 0.15) is 11.4 Å². The fourth-order valence-electron chi connectivity index (χ4n) is 4.42. The first-order valence-electron chi connectivity index (χ1n) is 11.8. The van der Waals surface area contributed by atoms with Gasteiger partial charge in [-0.2, -0.15) is 0 Å². The summed E-state index contributed by atoms with van der Waals surface area (Å²) in [6, 6.07) is 20.0. The van der Waals surface area contributed by atoms with E-state index in [1.54, 1.807) is 16.8 Å². The number of thioether (sulfide) groups is 1. The Balaban J connectivity index is 1.70. The fraction of sp³-hybridized carbons (Fsp3) is 0.296. The van der Waals surface area contributed by atoms with Crippen molar-refractivity contribution in [3.05, 3.63) is 76.8 Å². The molecular formula is C27H28N4O2S. The molecule has 1 unspecified atom stereocenters. The summed E-state index contributed by atoms with van der Waals surface area (Å²) < 4.78 is 6.06. The average Bonchev–Trinajstić information content (AvgIpc) is 2.86. The van der Waals surface area contributed by atoms with E-state index in [1.165, 1.54) is 0 Å². The topological polar surface area (TPSA) is 66.3 Å². The van der Waals surface area contributed by atoms with E-state index in [1.807, 2.05) is 49.4 Å². The maximum absolute atomic E-state index is 13.4. The van der Waals surface area contributed by atoms with E-state index in [-0.39, 0.29) is 5.91 Å². The number of fused-ring (bicyclic) bond motifs is 3. The highest BCUT2D eigenvalue weighted by molar-refractivity contribution is 8.13. The van der Waals surface area contributed by atoms with Gasteiger partial charge in [0, 0.05) is 16.5 Å². The van der Waals surface area contributed by atoms with Crippen LogP contribution in [0.1, 0.15) is 44.8 Å². The van der Waals surface area contributed by atoms with Gasteiger partial charge in [0.25, 0.3) is 5.91 Å². The maximum Gasteiger partial charge on any atom is 0.276 e. The molecule has 34 heavy (non-hydrogen) atoms. The van der Waals surface area contributed by atoms with E-state index in [0.717, 1.165) is 57.7 Å². The van der Waals surface area contributed by atoms with Crippen molar-refractivity contribution in [1.82, 2.24) is 10.3 Å². The molecule has 0 saturated carbocycles. The molecule has 2 aliphatic rings. The van der Waals surface area contributed by atoms with Crippen molar-refractivity contribution >= 4 is 39.3 Å². The molecule has 2 heterocycles. The van der Waals surface area contributed by atoms with Crippen molar-refractivity contribution in [3.8, 4) is 5.75 Å². The van der Waals surface area contributed by atoms with Crippen molar-refractivity contribution < 1.29 is 9.53 Å². The van der Waals surface area contributed by atoms with Gasteiger partial charge < -0.3 is 4.74 Å². The summed E-state index contributed by atoms with van der Waals surface area (Å²) in [6.45, 7) is 4.69. The predicted octanol–water partition coefficient (Wildman–Crippen LogP) is 4.30. The normalized spacial score (nSPS) is 16.9. The summed E-state index contributed by atoms with van der Waals surface area (Å²) in [5.74, 6) is 1.51. The molecule has 1 N–H and O–H groups in total. The van der Waals surface area contributed by atoms with Gasteiger partial charge in [-0.25, -0.2) is 5.01 Å². The van der Waals surface area contributed by atoms with Crippen LogP contribution in [0.2, 0.25) is 0 Å². The van der Waals surface area contributed by atoms with Crippen LogP contribution in [0, 0.1) is 0 Å². The van der Waals surface area contributed by atoms with Crippen molar-refractivity contribution in [1.29, 1.82) is 0 Å². The zero-order valence-corrected chi connectivity index (χ0v) is 20.3.